The molecule has 2 aromatic carbocycles. The molecule has 8 nitrogen and oxygen atoms in total. The normalized spacial score (nSPS) is 19.2. The van der Waals surface area contributed by atoms with Crippen molar-refractivity contribution in [2.45, 2.75) is 51.0 Å². The van der Waals surface area contributed by atoms with Gasteiger partial charge in [0, 0.05) is 42.6 Å². The number of amides is 1. The van der Waals surface area contributed by atoms with E-state index in [0.29, 0.717) is 35.6 Å². The lowest BCUT2D eigenvalue weighted by Gasteiger charge is -2.24. The van der Waals surface area contributed by atoms with Crippen molar-refractivity contribution in [3.8, 4) is 16.9 Å². The number of hydrogen-bond donors (Lipinski definition) is 1. The molecule has 10 heteroatoms. The lowest BCUT2D eigenvalue weighted by atomic mass is 9.97. The maximum absolute atomic E-state index is 13.3. The van der Waals surface area contributed by atoms with Gasteiger partial charge in [-0.05, 0) is 36.2 Å². The zero-order valence-corrected chi connectivity index (χ0v) is 20.3. The molecular weight excluding hydrogens is 480 g/mol. The summed E-state index contributed by atoms with van der Waals surface area (Å²) in [4.78, 5) is 28.4. The van der Waals surface area contributed by atoms with E-state index in [-0.39, 0.29) is 17.7 Å². The molecule has 0 spiro atoms. The first-order valence-electron chi connectivity index (χ1n) is 12.2. The van der Waals surface area contributed by atoms with Crippen LogP contribution in [0.25, 0.3) is 22.2 Å². The molecule has 0 saturated carbocycles. The number of alkyl halides is 2. The van der Waals surface area contributed by atoms with E-state index in [1.807, 2.05) is 29.7 Å². The molecule has 190 valence electrons. The number of hydrogen-bond acceptors (Lipinski definition) is 6. The van der Waals surface area contributed by atoms with Gasteiger partial charge in [0.15, 0.2) is 5.82 Å². The summed E-state index contributed by atoms with van der Waals surface area (Å²) in [6.45, 7) is -1.02. The van der Waals surface area contributed by atoms with Crippen molar-refractivity contribution < 1.29 is 23.4 Å². The number of benzene rings is 2. The second kappa shape index (κ2) is 8.88. The second-order valence-corrected chi connectivity index (χ2v) is 9.46. The van der Waals surface area contributed by atoms with Gasteiger partial charge in [0.05, 0.1) is 23.1 Å². The van der Waals surface area contributed by atoms with Crippen molar-refractivity contribution in [1.29, 1.82) is 0 Å². The van der Waals surface area contributed by atoms with Crippen molar-refractivity contribution in [3.05, 3.63) is 71.6 Å². The van der Waals surface area contributed by atoms with Crippen LogP contribution >= 0.6 is 0 Å². The molecule has 4 aromatic rings. The fourth-order valence-electron chi connectivity index (χ4n) is 5.52. The van der Waals surface area contributed by atoms with E-state index in [1.165, 1.54) is 6.07 Å². The molecule has 0 unspecified atom stereocenters. The predicted octanol–water partition coefficient (Wildman–Crippen LogP) is 5.05. The van der Waals surface area contributed by atoms with Gasteiger partial charge in [-0.15, -0.1) is 0 Å². The quantitative estimate of drug-likeness (QED) is 0.394. The summed E-state index contributed by atoms with van der Waals surface area (Å²) >= 11 is 0. The van der Waals surface area contributed by atoms with E-state index < -0.39 is 18.8 Å². The molecule has 2 aliphatic heterocycles. The molecule has 0 fully saturated rings. The molecule has 1 N–H and O–H groups in total. The predicted molar refractivity (Wildman–Crippen MR) is 131 cm³/mol. The Labute approximate surface area is 211 Å². The van der Waals surface area contributed by atoms with Crippen LogP contribution in [0.2, 0.25) is 0 Å². The largest absolute Gasteiger partial charge is 0.434 e. The summed E-state index contributed by atoms with van der Waals surface area (Å²) in [7, 11) is 1.71. The van der Waals surface area contributed by atoms with Crippen molar-refractivity contribution in [1.82, 2.24) is 24.4 Å². The Balaban J connectivity index is 1.48. The third-order valence-corrected chi connectivity index (χ3v) is 7.27. The molecule has 37 heavy (non-hydrogen) atoms. The smallest absolute Gasteiger partial charge is 0.387 e. The minimum atomic E-state index is -3.01. The highest BCUT2D eigenvalue weighted by Gasteiger charge is 2.45. The van der Waals surface area contributed by atoms with E-state index >= 15 is 0 Å². The van der Waals surface area contributed by atoms with Crippen molar-refractivity contribution in [3.63, 3.8) is 0 Å². The van der Waals surface area contributed by atoms with Crippen LogP contribution in [0.5, 0.6) is 5.75 Å². The van der Waals surface area contributed by atoms with Gasteiger partial charge < -0.3 is 19.3 Å². The maximum atomic E-state index is 13.3. The highest BCUT2D eigenvalue weighted by Crippen LogP contribution is 2.50. The Hall–Kier alpha value is -3.92. The Morgan fingerprint density at radius 1 is 1.14 bits per heavy atom. The average molecular weight is 506 g/mol. The molecule has 2 aliphatic rings. The number of aromatic nitrogens is 4. The molecule has 4 heterocycles. The Morgan fingerprint density at radius 3 is 2.65 bits per heavy atom. The molecule has 0 aliphatic carbocycles. The van der Waals surface area contributed by atoms with Crippen molar-refractivity contribution in [2.75, 3.05) is 7.05 Å². The molecule has 3 atom stereocenters. The Morgan fingerprint density at radius 2 is 1.92 bits per heavy atom. The van der Waals surface area contributed by atoms with E-state index in [2.05, 4.69) is 9.97 Å². The van der Waals surface area contributed by atoms with Crippen molar-refractivity contribution >= 4 is 16.9 Å². The van der Waals surface area contributed by atoms with Gasteiger partial charge in [-0.2, -0.15) is 8.78 Å². The average Bonchev–Trinajstić information content (AvgIpc) is 3.41. The number of halogens is 2. The van der Waals surface area contributed by atoms with E-state index in [4.69, 9.17) is 9.72 Å². The van der Waals surface area contributed by atoms with E-state index in [0.717, 1.165) is 28.6 Å². The van der Waals surface area contributed by atoms with Gasteiger partial charge in [-0.25, -0.2) is 15.0 Å². The molecule has 0 saturated heterocycles. The summed E-state index contributed by atoms with van der Waals surface area (Å²) in [6.07, 6.45) is 4.59. The second-order valence-electron chi connectivity index (χ2n) is 9.46. The minimum absolute atomic E-state index is 0.000352. The number of fused-ring (bicyclic) bond motifs is 9. The fraction of sp³-hybridized carbons (Fsp3) is 0.333. The molecule has 6 rings (SSSR count). The summed E-state index contributed by atoms with van der Waals surface area (Å²) in [5.74, 6) is 0.849. The molecule has 0 radical (unpaired) electrons. The zero-order valence-electron chi connectivity index (χ0n) is 20.3. The summed E-state index contributed by atoms with van der Waals surface area (Å²) in [5.41, 5.74) is 3.98. The van der Waals surface area contributed by atoms with Crippen LogP contribution in [0, 0.1) is 0 Å². The van der Waals surface area contributed by atoms with Gasteiger partial charge in [0.1, 0.15) is 17.7 Å². The van der Waals surface area contributed by atoms with E-state index in [1.54, 1.807) is 36.5 Å². The number of aliphatic hydroxyl groups excluding tert-OH is 1. The van der Waals surface area contributed by atoms with Crippen LogP contribution in [0.3, 0.4) is 0 Å². The molecule has 1 amide bonds. The SMILES string of the molecule is CCC[C@H](O)c1ncc(-c2ccc3nc4n(c3c2)[C@@H]2C[C@H]4N(C)C(=O)c3cccc(OC(F)F)c32)cn1. The number of carbonyl (C=O) groups excluding carboxylic acids is 1. The first-order valence-corrected chi connectivity index (χ1v) is 12.2. The monoisotopic (exact) mass is 505 g/mol. The number of aliphatic hydroxyl groups is 1. The highest BCUT2D eigenvalue weighted by atomic mass is 19.3. The highest BCUT2D eigenvalue weighted by molar-refractivity contribution is 5.98. The van der Waals surface area contributed by atoms with Crippen LogP contribution in [0.4, 0.5) is 8.78 Å². The van der Waals surface area contributed by atoms with Crippen LogP contribution in [0.15, 0.2) is 48.8 Å². The topological polar surface area (TPSA) is 93.4 Å². The Kier molecular flexibility index (Phi) is 5.63. The number of ether oxygens (including phenoxy) is 1. The molecule has 2 aromatic heterocycles. The standard InChI is InChI=1S/C27H25F2N5O3/c1-3-5-21(35)24-30-12-15(13-31-24)14-8-9-17-18(10-14)34-19-11-20(25(34)32-17)33(2)26(36)16-6-4-7-22(23(16)19)37-27(28)29/h4,6-10,12-13,19-21,27,35H,3,5,11H2,1-2H3/t19-,20-,21+/m1/s1. The van der Waals surface area contributed by atoms with Crippen LogP contribution in [-0.4, -0.2) is 49.1 Å². The third kappa shape index (κ3) is 3.74. The molecular formula is C27H25F2N5O3. The minimum Gasteiger partial charge on any atom is -0.434 e. The number of rotatable bonds is 6. The lowest BCUT2D eigenvalue weighted by molar-refractivity contribution is -0.0507. The first kappa shape index (κ1) is 23.5. The van der Waals surface area contributed by atoms with E-state index in [9.17, 15) is 18.7 Å². The lowest BCUT2D eigenvalue weighted by Crippen LogP contribution is -2.30. The third-order valence-electron chi connectivity index (χ3n) is 7.27. The summed E-state index contributed by atoms with van der Waals surface area (Å²) in [5, 5.41) is 10.2. The van der Waals surface area contributed by atoms with Crippen LogP contribution < -0.4 is 4.74 Å². The van der Waals surface area contributed by atoms with Gasteiger partial charge in [-0.1, -0.05) is 25.5 Å². The molecule has 2 bridgehead atoms. The van der Waals surface area contributed by atoms with Gasteiger partial charge >= 0.3 is 6.61 Å². The Bertz CT molecular complexity index is 1500. The summed E-state index contributed by atoms with van der Waals surface area (Å²) < 4.78 is 33.5. The van der Waals surface area contributed by atoms with Gasteiger partial charge in [-0.3, -0.25) is 4.79 Å². The van der Waals surface area contributed by atoms with Gasteiger partial charge in [0.2, 0.25) is 0 Å². The number of nitrogens with zero attached hydrogens (tertiary/aromatic N) is 5. The number of imidazole rings is 1. The zero-order chi connectivity index (χ0) is 25.8. The number of carbonyl (C=O) groups is 1. The fourth-order valence-corrected chi connectivity index (χ4v) is 5.52. The van der Waals surface area contributed by atoms with Crippen LogP contribution in [-0.2, 0) is 0 Å². The van der Waals surface area contributed by atoms with Crippen LogP contribution in [0.1, 0.15) is 71.9 Å². The first-order chi connectivity index (χ1) is 17.9. The van der Waals surface area contributed by atoms with Crippen molar-refractivity contribution in [2.24, 2.45) is 0 Å². The van der Waals surface area contributed by atoms with Gasteiger partial charge in [0.25, 0.3) is 5.91 Å². The maximum Gasteiger partial charge on any atom is 0.387 e. The summed E-state index contributed by atoms with van der Waals surface area (Å²) in [6, 6.07) is 9.78.